The van der Waals surface area contributed by atoms with Crippen LogP contribution in [0, 0.1) is 0 Å². The van der Waals surface area contributed by atoms with Crippen LogP contribution in [0.3, 0.4) is 0 Å². The van der Waals surface area contributed by atoms with E-state index in [2.05, 4.69) is 15.5 Å². The number of unbranched alkanes of at least 4 members (excludes halogenated alkanes) is 1. The van der Waals surface area contributed by atoms with E-state index >= 15 is 0 Å². The number of nitrogens with zero attached hydrogens (tertiary/aromatic N) is 1. The largest absolute Gasteiger partial charge is 0.481 e. The van der Waals surface area contributed by atoms with Crippen LogP contribution in [0.25, 0.3) is 0 Å². The fraction of sp³-hybridized carbons (Fsp3) is 0.786. The summed E-state index contributed by atoms with van der Waals surface area (Å²) in [4.78, 5) is 35.6. The number of carbonyl (C=O) groups is 3. The zero-order valence-electron chi connectivity index (χ0n) is 12.6. The topological polar surface area (TPSA) is 98.7 Å². The third-order valence-electron chi connectivity index (χ3n) is 3.72. The highest BCUT2D eigenvalue weighted by Gasteiger charge is 2.19. The first-order valence-electron chi connectivity index (χ1n) is 7.48. The molecule has 0 aromatic rings. The first kappa shape index (κ1) is 17.4. The number of likely N-dealkylation sites (tertiary alicyclic amines) is 1. The second kappa shape index (κ2) is 9.33. The molecule has 0 aromatic heterocycles. The number of hydrogen-bond acceptors (Lipinski definition) is 4. The summed E-state index contributed by atoms with van der Waals surface area (Å²) in [7, 11) is 2.04. The van der Waals surface area contributed by atoms with Crippen molar-refractivity contribution in [2.75, 3.05) is 20.1 Å². The van der Waals surface area contributed by atoms with Crippen molar-refractivity contribution in [3.63, 3.8) is 0 Å². The number of nitrogens with one attached hydrogen (secondary N) is 2. The average Bonchev–Trinajstić information content (AvgIpc) is 2.42. The SMILES string of the molecule is CN1CCCCC1CNC(=O)NC(=O)CCCCC(=O)O. The number of amides is 3. The molecule has 1 heterocycles. The fourth-order valence-electron chi connectivity index (χ4n) is 2.41. The molecule has 1 aliphatic heterocycles. The van der Waals surface area contributed by atoms with Gasteiger partial charge in [0.25, 0.3) is 0 Å². The summed E-state index contributed by atoms with van der Waals surface area (Å²) in [5.74, 6) is -1.24. The smallest absolute Gasteiger partial charge is 0.321 e. The van der Waals surface area contributed by atoms with Gasteiger partial charge in [-0.25, -0.2) is 4.79 Å². The highest BCUT2D eigenvalue weighted by molar-refractivity contribution is 5.94. The van der Waals surface area contributed by atoms with E-state index in [4.69, 9.17) is 5.11 Å². The van der Waals surface area contributed by atoms with Gasteiger partial charge in [-0.15, -0.1) is 0 Å². The van der Waals surface area contributed by atoms with E-state index in [-0.39, 0.29) is 18.7 Å². The lowest BCUT2D eigenvalue weighted by Gasteiger charge is -2.32. The Kier molecular flexibility index (Phi) is 7.74. The molecule has 0 aromatic carbocycles. The molecule has 7 nitrogen and oxygen atoms in total. The molecule has 21 heavy (non-hydrogen) atoms. The van der Waals surface area contributed by atoms with E-state index in [1.54, 1.807) is 0 Å². The van der Waals surface area contributed by atoms with Gasteiger partial charge in [0.15, 0.2) is 0 Å². The number of aliphatic carboxylic acids is 1. The van der Waals surface area contributed by atoms with E-state index < -0.39 is 12.0 Å². The molecule has 0 radical (unpaired) electrons. The Morgan fingerprint density at radius 3 is 2.57 bits per heavy atom. The van der Waals surface area contributed by atoms with Crippen molar-refractivity contribution < 1.29 is 19.5 Å². The minimum absolute atomic E-state index is 0.0491. The zero-order chi connectivity index (χ0) is 15.7. The quantitative estimate of drug-likeness (QED) is 0.608. The minimum Gasteiger partial charge on any atom is -0.481 e. The Morgan fingerprint density at radius 2 is 1.90 bits per heavy atom. The maximum absolute atomic E-state index is 11.6. The van der Waals surface area contributed by atoms with Crippen LogP contribution in [0.15, 0.2) is 0 Å². The van der Waals surface area contributed by atoms with Crippen molar-refractivity contribution in [2.24, 2.45) is 0 Å². The second-order valence-corrected chi connectivity index (χ2v) is 5.49. The monoisotopic (exact) mass is 299 g/mol. The van der Waals surface area contributed by atoms with Gasteiger partial charge in [-0.3, -0.25) is 14.9 Å². The molecule has 1 rings (SSSR count). The van der Waals surface area contributed by atoms with Gasteiger partial charge < -0.3 is 15.3 Å². The lowest BCUT2D eigenvalue weighted by Crippen LogP contribution is -2.48. The molecular weight excluding hydrogens is 274 g/mol. The predicted octanol–water partition coefficient (Wildman–Crippen LogP) is 0.941. The Labute approximate surface area is 125 Å². The number of carboxylic acids is 1. The van der Waals surface area contributed by atoms with Crippen LogP contribution >= 0.6 is 0 Å². The summed E-state index contributed by atoms with van der Waals surface area (Å²) in [5, 5.41) is 13.5. The Morgan fingerprint density at radius 1 is 1.19 bits per heavy atom. The van der Waals surface area contributed by atoms with E-state index in [1.165, 1.54) is 12.8 Å². The standard InChI is InChI=1S/C14H25N3O4/c1-17-9-5-4-6-11(17)10-15-14(21)16-12(18)7-2-3-8-13(19)20/h11H,2-10H2,1H3,(H,19,20)(H2,15,16,18,21). The third-order valence-corrected chi connectivity index (χ3v) is 3.72. The summed E-state index contributed by atoms with van der Waals surface area (Å²) < 4.78 is 0. The van der Waals surface area contributed by atoms with Crippen molar-refractivity contribution in [1.29, 1.82) is 0 Å². The molecule has 3 amide bonds. The van der Waals surface area contributed by atoms with Crippen LogP contribution in [0.2, 0.25) is 0 Å². The van der Waals surface area contributed by atoms with Crippen LogP contribution in [0.1, 0.15) is 44.9 Å². The third kappa shape index (κ3) is 7.65. The molecule has 0 saturated carbocycles. The first-order chi connectivity index (χ1) is 9.99. The second-order valence-electron chi connectivity index (χ2n) is 5.49. The number of piperidine rings is 1. The van der Waals surface area contributed by atoms with Crippen LogP contribution in [-0.2, 0) is 9.59 Å². The summed E-state index contributed by atoms with van der Waals surface area (Å²) in [6.07, 6.45) is 4.54. The number of urea groups is 1. The molecule has 7 heteroatoms. The molecule has 1 unspecified atom stereocenters. The number of carbonyl (C=O) groups excluding carboxylic acids is 2. The lowest BCUT2D eigenvalue weighted by atomic mass is 10.0. The minimum atomic E-state index is -0.871. The number of hydrogen-bond donors (Lipinski definition) is 3. The molecule has 1 saturated heterocycles. The van der Waals surface area contributed by atoms with Crippen molar-refractivity contribution in [3.8, 4) is 0 Å². The number of carboxylic acid groups (broad SMARTS) is 1. The van der Waals surface area contributed by atoms with Gasteiger partial charge in [-0.05, 0) is 39.3 Å². The number of imide groups is 1. The van der Waals surface area contributed by atoms with Gasteiger partial charge in [-0.2, -0.15) is 0 Å². The van der Waals surface area contributed by atoms with E-state index in [9.17, 15) is 14.4 Å². The normalized spacial score (nSPS) is 19.0. The van der Waals surface area contributed by atoms with Crippen molar-refractivity contribution in [3.05, 3.63) is 0 Å². The molecule has 1 fully saturated rings. The summed E-state index contributed by atoms with van der Waals surface area (Å²) in [5.41, 5.74) is 0. The summed E-state index contributed by atoms with van der Waals surface area (Å²) >= 11 is 0. The van der Waals surface area contributed by atoms with Gasteiger partial charge in [-0.1, -0.05) is 6.42 Å². The molecule has 120 valence electrons. The van der Waals surface area contributed by atoms with Crippen molar-refractivity contribution in [1.82, 2.24) is 15.5 Å². The Balaban J connectivity index is 2.12. The maximum Gasteiger partial charge on any atom is 0.321 e. The highest BCUT2D eigenvalue weighted by Crippen LogP contribution is 2.13. The first-order valence-corrected chi connectivity index (χ1v) is 7.48. The van der Waals surface area contributed by atoms with E-state index in [0.29, 0.717) is 25.4 Å². The zero-order valence-corrected chi connectivity index (χ0v) is 12.6. The van der Waals surface area contributed by atoms with E-state index in [0.717, 1.165) is 13.0 Å². The van der Waals surface area contributed by atoms with Gasteiger partial charge in [0.1, 0.15) is 0 Å². The molecule has 3 N–H and O–H groups in total. The van der Waals surface area contributed by atoms with E-state index in [1.807, 2.05) is 7.05 Å². The van der Waals surface area contributed by atoms with Crippen molar-refractivity contribution in [2.45, 2.75) is 51.0 Å². The molecule has 0 aliphatic carbocycles. The summed E-state index contributed by atoms with van der Waals surface area (Å²) in [6.45, 7) is 1.57. The van der Waals surface area contributed by atoms with Crippen LogP contribution in [-0.4, -0.2) is 54.1 Å². The molecule has 0 bridgehead atoms. The molecule has 0 spiro atoms. The number of likely N-dealkylation sites (N-methyl/N-ethyl adjacent to an activating group) is 1. The van der Waals surface area contributed by atoms with Crippen LogP contribution in [0.5, 0.6) is 0 Å². The van der Waals surface area contributed by atoms with Crippen molar-refractivity contribution >= 4 is 17.9 Å². The molecule has 1 aliphatic rings. The maximum atomic E-state index is 11.6. The predicted molar refractivity (Wildman–Crippen MR) is 77.9 cm³/mol. The number of rotatable bonds is 7. The van der Waals surface area contributed by atoms with Gasteiger partial charge in [0, 0.05) is 25.4 Å². The molecular formula is C14H25N3O4. The Hall–Kier alpha value is -1.63. The fourth-order valence-corrected chi connectivity index (χ4v) is 2.41. The Bertz CT molecular complexity index is 373. The van der Waals surface area contributed by atoms with Gasteiger partial charge in [0.05, 0.1) is 0 Å². The van der Waals surface area contributed by atoms with Gasteiger partial charge >= 0.3 is 12.0 Å². The van der Waals surface area contributed by atoms with Crippen LogP contribution in [0.4, 0.5) is 4.79 Å². The highest BCUT2D eigenvalue weighted by atomic mass is 16.4. The van der Waals surface area contributed by atoms with Gasteiger partial charge in [0.2, 0.25) is 5.91 Å². The van der Waals surface area contributed by atoms with Crippen LogP contribution < -0.4 is 10.6 Å². The average molecular weight is 299 g/mol. The lowest BCUT2D eigenvalue weighted by molar-refractivity contribution is -0.137. The molecule has 1 atom stereocenters. The summed E-state index contributed by atoms with van der Waals surface area (Å²) in [6, 6.07) is -0.146.